The number of anilines is 1. The molecule has 5 heteroatoms. The lowest BCUT2D eigenvalue weighted by Gasteiger charge is -2.08. The first-order valence-electron chi connectivity index (χ1n) is 5.99. The first-order valence-corrected chi connectivity index (χ1v) is 5.99. The second-order valence-electron chi connectivity index (χ2n) is 4.28. The van der Waals surface area contributed by atoms with E-state index in [0.29, 0.717) is 5.69 Å². The Kier molecular flexibility index (Phi) is 4.30. The molecule has 3 nitrogen and oxygen atoms in total. The smallest absolute Gasteiger partial charge is 0.262 e. The van der Waals surface area contributed by atoms with E-state index in [1.54, 1.807) is 13.0 Å². The first kappa shape index (κ1) is 14.0. The van der Waals surface area contributed by atoms with Crippen molar-refractivity contribution in [1.82, 2.24) is 0 Å². The quantitative estimate of drug-likeness (QED) is 0.931. The number of hydrogen-bond donors (Lipinski definition) is 1. The summed E-state index contributed by atoms with van der Waals surface area (Å²) in [4.78, 5) is 11.6. The van der Waals surface area contributed by atoms with Gasteiger partial charge in [0.1, 0.15) is 5.82 Å². The summed E-state index contributed by atoms with van der Waals surface area (Å²) in [5, 5.41) is 2.52. The van der Waals surface area contributed by atoms with Crippen molar-refractivity contribution >= 4 is 11.6 Å². The van der Waals surface area contributed by atoms with Crippen LogP contribution in [0.4, 0.5) is 14.5 Å². The molecule has 0 fully saturated rings. The summed E-state index contributed by atoms with van der Waals surface area (Å²) in [6.45, 7) is 1.47. The lowest BCUT2D eigenvalue weighted by molar-refractivity contribution is -0.118. The van der Waals surface area contributed by atoms with Gasteiger partial charge in [0.05, 0.1) is 0 Å². The molecule has 1 amide bonds. The maximum Gasteiger partial charge on any atom is 0.262 e. The molecule has 20 heavy (non-hydrogen) atoms. The second-order valence-corrected chi connectivity index (χ2v) is 4.28. The molecule has 0 spiro atoms. The number of ether oxygens (including phenoxy) is 1. The van der Waals surface area contributed by atoms with E-state index >= 15 is 0 Å². The molecule has 0 aliphatic heterocycles. The molecule has 2 aromatic rings. The van der Waals surface area contributed by atoms with Crippen LogP contribution in [0.3, 0.4) is 0 Å². The van der Waals surface area contributed by atoms with Crippen molar-refractivity contribution < 1.29 is 18.3 Å². The van der Waals surface area contributed by atoms with Crippen LogP contribution >= 0.6 is 0 Å². The number of carbonyl (C=O) groups is 1. The van der Waals surface area contributed by atoms with Crippen molar-refractivity contribution in [2.45, 2.75) is 6.92 Å². The van der Waals surface area contributed by atoms with Crippen LogP contribution < -0.4 is 10.1 Å². The fourth-order valence-corrected chi connectivity index (χ4v) is 1.59. The molecule has 0 unspecified atom stereocenters. The zero-order valence-corrected chi connectivity index (χ0v) is 10.8. The Balaban J connectivity index is 1.92. The van der Waals surface area contributed by atoms with E-state index in [0.717, 1.165) is 5.56 Å². The summed E-state index contributed by atoms with van der Waals surface area (Å²) >= 11 is 0. The molecule has 0 aromatic heterocycles. The highest BCUT2D eigenvalue weighted by Crippen LogP contribution is 2.18. The number of nitrogens with one attached hydrogen (secondary N) is 1. The fourth-order valence-electron chi connectivity index (χ4n) is 1.59. The molecule has 2 rings (SSSR count). The van der Waals surface area contributed by atoms with Gasteiger partial charge in [-0.3, -0.25) is 4.79 Å². The molecule has 0 radical (unpaired) electrons. The van der Waals surface area contributed by atoms with Crippen LogP contribution in [0.2, 0.25) is 0 Å². The number of carbonyl (C=O) groups excluding carboxylic acids is 1. The molecule has 0 atom stereocenters. The highest BCUT2D eigenvalue weighted by molar-refractivity contribution is 5.91. The molecule has 0 aliphatic carbocycles. The van der Waals surface area contributed by atoms with Crippen LogP contribution in [-0.2, 0) is 4.79 Å². The van der Waals surface area contributed by atoms with Crippen molar-refractivity contribution in [3.8, 4) is 5.75 Å². The van der Waals surface area contributed by atoms with Gasteiger partial charge in [-0.05, 0) is 48.9 Å². The molecule has 0 saturated carbocycles. The molecule has 0 bridgehead atoms. The summed E-state index contributed by atoms with van der Waals surface area (Å²) in [6, 6.07) is 9.73. The van der Waals surface area contributed by atoms with Gasteiger partial charge < -0.3 is 10.1 Å². The Bertz CT molecular complexity index is 612. The maximum absolute atomic E-state index is 13.4. The van der Waals surface area contributed by atoms with Crippen molar-refractivity contribution in [2.24, 2.45) is 0 Å². The number of hydrogen-bond acceptors (Lipinski definition) is 2. The Morgan fingerprint density at radius 1 is 1.15 bits per heavy atom. The SMILES string of the molecule is Cc1ccc(F)c(OCC(=O)Nc2ccc(F)cc2)c1. The van der Waals surface area contributed by atoms with E-state index in [1.165, 1.54) is 36.4 Å². The Hall–Kier alpha value is -2.43. The number of benzene rings is 2. The first-order chi connectivity index (χ1) is 9.54. The minimum absolute atomic E-state index is 0.0271. The van der Waals surface area contributed by atoms with Crippen molar-refractivity contribution in [1.29, 1.82) is 0 Å². The monoisotopic (exact) mass is 277 g/mol. The molecule has 0 aliphatic rings. The average molecular weight is 277 g/mol. The molecule has 104 valence electrons. The molecule has 1 N–H and O–H groups in total. The molecule has 0 saturated heterocycles. The Morgan fingerprint density at radius 2 is 1.85 bits per heavy atom. The Morgan fingerprint density at radius 3 is 2.55 bits per heavy atom. The average Bonchev–Trinajstić information content (AvgIpc) is 2.42. The third-order valence-corrected chi connectivity index (χ3v) is 2.57. The van der Waals surface area contributed by atoms with Gasteiger partial charge >= 0.3 is 0 Å². The minimum atomic E-state index is -0.523. The topological polar surface area (TPSA) is 38.3 Å². The van der Waals surface area contributed by atoms with Crippen molar-refractivity contribution in [2.75, 3.05) is 11.9 Å². The zero-order valence-electron chi connectivity index (χ0n) is 10.8. The van der Waals surface area contributed by atoms with E-state index in [1.807, 2.05) is 0 Å². The van der Waals surface area contributed by atoms with Gasteiger partial charge in [-0.25, -0.2) is 8.78 Å². The van der Waals surface area contributed by atoms with Gasteiger partial charge in [0, 0.05) is 5.69 Å². The van der Waals surface area contributed by atoms with Gasteiger partial charge in [0.25, 0.3) is 5.91 Å². The van der Waals surface area contributed by atoms with Crippen LogP contribution in [0.25, 0.3) is 0 Å². The largest absolute Gasteiger partial charge is 0.481 e. The van der Waals surface area contributed by atoms with Crippen molar-refractivity contribution in [3.63, 3.8) is 0 Å². The number of halogens is 2. The highest BCUT2D eigenvalue weighted by Gasteiger charge is 2.07. The van der Waals surface area contributed by atoms with Crippen LogP contribution in [0.15, 0.2) is 42.5 Å². The summed E-state index contributed by atoms with van der Waals surface area (Å²) in [5.41, 5.74) is 1.28. The summed E-state index contributed by atoms with van der Waals surface area (Å²) in [5.74, 6) is -1.33. The molecule has 0 heterocycles. The normalized spacial score (nSPS) is 10.2. The number of amides is 1. The van der Waals surface area contributed by atoms with Gasteiger partial charge in [0.2, 0.25) is 0 Å². The maximum atomic E-state index is 13.4. The van der Waals surface area contributed by atoms with Gasteiger partial charge in [-0.1, -0.05) is 6.07 Å². The molecular weight excluding hydrogens is 264 g/mol. The third-order valence-electron chi connectivity index (χ3n) is 2.57. The Labute approximate surface area is 115 Å². The predicted octanol–water partition coefficient (Wildman–Crippen LogP) is 3.29. The lowest BCUT2D eigenvalue weighted by atomic mass is 10.2. The minimum Gasteiger partial charge on any atom is -0.481 e. The van der Waals surface area contributed by atoms with Crippen LogP contribution in [0, 0.1) is 18.6 Å². The molecular formula is C15H13F2NO2. The van der Waals surface area contributed by atoms with Crippen molar-refractivity contribution in [3.05, 3.63) is 59.7 Å². The van der Waals surface area contributed by atoms with E-state index in [2.05, 4.69) is 5.32 Å². The van der Waals surface area contributed by atoms with E-state index in [4.69, 9.17) is 4.74 Å². The number of rotatable bonds is 4. The van der Waals surface area contributed by atoms with E-state index in [-0.39, 0.29) is 18.2 Å². The second kappa shape index (κ2) is 6.14. The van der Waals surface area contributed by atoms with Crippen LogP contribution in [-0.4, -0.2) is 12.5 Å². The highest BCUT2D eigenvalue weighted by atomic mass is 19.1. The lowest BCUT2D eigenvalue weighted by Crippen LogP contribution is -2.20. The molecule has 2 aromatic carbocycles. The fraction of sp³-hybridized carbons (Fsp3) is 0.133. The van der Waals surface area contributed by atoms with Crippen LogP contribution in [0.5, 0.6) is 5.75 Å². The summed E-state index contributed by atoms with van der Waals surface area (Å²) in [6.07, 6.45) is 0. The van der Waals surface area contributed by atoms with E-state index in [9.17, 15) is 13.6 Å². The summed E-state index contributed by atoms with van der Waals surface area (Å²) in [7, 11) is 0. The van der Waals surface area contributed by atoms with Gasteiger partial charge in [-0.2, -0.15) is 0 Å². The van der Waals surface area contributed by atoms with Gasteiger partial charge in [0.15, 0.2) is 18.2 Å². The summed E-state index contributed by atoms with van der Waals surface area (Å²) < 4.78 is 31.2. The standard InChI is InChI=1S/C15H13F2NO2/c1-10-2-7-13(17)14(8-10)20-9-15(19)18-12-5-3-11(16)4-6-12/h2-8H,9H2,1H3,(H,18,19). The zero-order chi connectivity index (χ0) is 14.5. The third kappa shape index (κ3) is 3.78. The number of aryl methyl sites for hydroxylation is 1. The van der Waals surface area contributed by atoms with Gasteiger partial charge in [-0.15, -0.1) is 0 Å². The predicted molar refractivity (Wildman–Crippen MR) is 71.7 cm³/mol. The van der Waals surface area contributed by atoms with E-state index < -0.39 is 11.7 Å². The van der Waals surface area contributed by atoms with Crippen LogP contribution in [0.1, 0.15) is 5.56 Å².